The fourth-order valence-electron chi connectivity index (χ4n) is 3.11. The van der Waals surface area contributed by atoms with Gasteiger partial charge in [0.2, 0.25) is 10.0 Å². The van der Waals surface area contributed by atoms with Gasteiger partial charge < -0.3 is 9.47 Å². The van der Waals surface area contributed by atoms with E-state index in [9.17, 15) is 8.42 Å². The summed E-state index contributed by atoms with van der Waals surface area (Å²) in [6.45, 7) is 2.85. The van der Waals surface area contributed by atoms with Crippen LogP contribution in [0, 0.1) is 0 Å². The third-order valence-electron chi connectivity index (χ3n) is 4.65. The van der Waals surface area contributed by atoms with Gasteiger partial charge in [-0.15, -0.1) is 0 Å². The smallest absolute Gasteiger partial charge is 0.243 e. The molecule has 1 heterocycles. The minimum Gasteiger partial charge on any atom is -0.493 e. The van der Waals surface area contributed by atoms with E-state index in [1.54, 1.807) is 26.4 Å². The summed E-state index contributed by atoms with van der Waals surface area (Å²) in [5, 5.41) is 0. The maximum atomic E-state index is 12.9. The number of methoxy groups -OCH3 is 2. The zero-order valence-electron chi connectivity index (χ0n) is 14.8. The lowest BCUT2D eigenvalue weighted by atomic mass is 10.0. The molecule has 0 aliphatic carbocycles. The number of hydrogen-bond acceptors (Lipinski definition) is 4. The molecule has 2 aromatic carbocycles. The molecule has 3 rings (SSSR count). The number of aryl methyl sites for hydroxylation is 1. The van der Waals surface area contributed by atoms with E-state index in [2.05, 4.69) is 0 Å². The number of nitrogens with zero attached hydrogens (tertiary/aromatic N) is 1. The molecule has 5 nitrogen and oxygen atoms in total. The van der Waals surface area contributed by atoms with Crippen molar-refractivity contribution in [2.45, 2.75) is 31.2 Å². The maximum Gasteiger partial charge on any atom is 0.243 e. The van der Waals surface area contributed by atoms with E-state index in [0.717, 1.165) is 23.1 Å². The molecule has 0 radical (unpaired) electrons. The lowest BCUT2D eigenvalue weighted by molar-refractivity contribution is 0.348. The predicted molar refractivity (Wildman–Crippen MR) is 96.7 cm³/mol. The van der Waals surface area contributed by atoms with Crippen LogP contribution in [0.4, 0.5) is 0 Å². The lowest BCUT2D eigenvalue weighted by Gasteiger charge is -2.29. The molecule has 0 fully saturated rings. The molecule has 0 saturated carbocycles. The van der Waals surface area contributed by atoms with Crippen LogP contribution in [0.1, 0.15) is 23.6 Å². The second kappa shape index (κ2) is 7.06. The van der Waals surface area contributed by atoms with Crippen molar-refractivity contribution in [3.05, 3.63) is 53.1 Å². The third-order valence-corrected chi connectivity index (χ3v) is 6.51. The van der Waals surface area contributed by atoms with Crippen LogP contribution < -0.4 is 9.47 Å². The van der Waals surface area contributed by atoms with Gasteiger partial charge in [-0.05, 0) is 53.8 Å². The summed E-state index contributed by atoms with van der Waals surface area (Å²) in [6.07, 6.45) is 1.54. The van der Waals surface area contributed by atoms with Gasteiger partial charge in [0.05, 0.1) is 19.1 Å². The van der Waals surface area contributed by atoms with Crippen LogP contribution >= 0.6 is 0 Å². The molecule has 0 amide bonds. The van der Waals surface area contributed by atoms with Crippen molar-refractivity contribution in [1.29, 1.82) is 0 Å². The van der Waals surface area contributed by atoms with E-state index in [-0.39, 0.29) is 0 Å². The fraction of sp³-hybridized carbons (Fsp3) is 0.368. The van der Waals surface area contributed by atoms with Crippen LogP contribution in [-0.4, -0.2) is 33.5 Å². The Balaban J connectivity index is 1.90. The first-order valence-corrected chi connectivity index (χ1v) is 9.76. The Labute approximate surface area is 149 Å². The van der Waals surface area contributed by atoms with Gasteiger partial charge >= 0.3 is 0 Å². The number of hydrogen-bond donors (Lipinski definition) is 0. The molecule has 0 saturated heterocycles. The summed E-state index contributed by atoms with van der Waals surface area (Å²) in [4.78, 5) is 0.341. The first-order chi connectivity index (χ1) is 12.0. The van der Waals surface area contributed by atoms with Gasteiger partial charge in [-0.25, -0.2) is 8.42 Å². The highest BCUT2D eigenvalue weighted by Crippen LogP contribution is 2.34. The third kappa shape index (κ3) is 3.37. The van der Waals surface area contributed by atoms with E-state index >= 15 is 0 Å². The average Bonchev–Trinajstić information content (AvgIpc) is 2.66. The van der Waals surface area contributed by atoms with Gasteiger partial charge in [0.1, 0.15) is 0 Å². The molecule has 1 aliphatic heterocycles. The van der Waals surface area contributed by atoms with Crippen molar-refractivity contribution in [3.63, 3.8) is 0 Å². The van der Waals surface area contributed by atoms with Crippen molar-refractivity contribution in [1.82, 2.24) is 4.31 Å². The van der Waals surface area contributed by atoms with Gasteiger partial charge in [0.15, 0.2) is 11.5 Å². The highest BCUT2D eigenvalue weighted by Gasteiger charge is 2.29. The van der Waals surface area contributed by atoms with Crippen LogP contribution in [0.25, 0.3) is 0 Å². The molecule has 0 N–H and O–H groups in total. The fourth-order valence-corrected chi connectivity index (χ4v) is 4.53. The summed E-state index contributed by atoms with van der Waals surface area (Å²) in [7, 11) is -0.323. The topological polar surface area (TPSA) is 55.8 Å². The minimum absolute atomic E-state index is 0.341. The first kappa shape index (κ1) is 17.8. The molecular formula is C19H23NO4S. The van der Waals surface area contributed by atoms with Crippen LogP contribution in [0.3, 0.4) is 0 Å². The molecule has 134 valence electrons. The Morgan fingerprint density at radius 1 is 1.00 bits per heavy atom. The molecule has 2 aromatic rings. The van der Waals surface area contributed by atoms with Gasteiger partial charge in [-0.2, -0.15) is 4.31 Å². The molecule has 0 aromatic heterocycles. The Morgan fingerprint density at radius 3 is 2.16 bits per heavy atom. The number of ether oxygens (including phenoxy) is 2. The van der Waals surface area contributed by atoms with E-state index in [1.165, 1.54) is 4.31 Å². The first-order valence-electron chi connectivity index (χ1n) is 8.32. The van der Waals surface area contributed by atoms with E-state index < -0.39 is 10.0 Å². The largest absolute Gasteiger partial charge is 0.493 e. The highest BCUT2D eigenvalue weighted by molar-refractivity contribution is 7.89. The van der Waals surface area contributed by atoms with Gasteiger partial charge in [-0.3, -0.25) is 0 Å². The number of fused-ring (bicyclic) bond motifs is 1. The minimum atomic E-state index is -3.50. The number of benzene rings is 2. The molecule has 0 atom stereocenters. The van der Waals surface area contributed by atoms with Gasteiger partial charge in [0.25, 0.3) is 0 Å². The normalized spacial score (nSPS) is 14.8. The quantitative estimate of drug-likeness (QED) is 0.821. The highest BCUT2D eigenvalue weighted by atomic mass is 32.2. The maximum absolute atomic E-state index is 12.9. The van der Waals surface area contributed by atoms with Crippen molar-refractivity contribution in [3.8, 4) is 11.5 Å². The van der Waals surface area contributed by atoms with Crippen LogP contribution in [0.15, 0.2) is 41.3 Å². The molecule has 0 unspecified atom stereocenters. The van der Waals surface area contributed by atoms with Crippen molar-refractivity contribution < 1.29 is 17.9 Å². The van der Waals surface area contributed by atoms with Crippen LogP contribution in [-0.2, 0) is 29.4 Å². The Kier molecular flexibility index (Phi) is 5.01. The standard InChI is InChI=1S/C19H23NO4S/c1-4-14-5-7-17(8-6-14)25(21,22)20-10-9-15-11-18(23-2)19(24-3)12-16(15)13-20/h5-8,11-12H,4,9-10,13H2,1-3H3. The zero-order valence-corrected chi connectivity index (χ0v) is 15.6. The van der Waals surface area contributed by atoms with Crippen molar-refractivity contribution >= 4 is 10.0 Å². The van der Waals surface area contributed by atoms with E-state index in [4.69, 9.17) is 9.47 Å². The monoisotopic (exact) mass is 361 g/mol. The van der Waals surface area contributed by atoms with E-state index in [0.29, 0.717) is 35.9 Å². The van der Waals surface area contributed by atoms with Crippen LogP contribution in [0.2, 0.25) is 0 Å². The molecular weight excluding hydrogens is 338 g/mol. The van der Waals surface area contributed by atoms with E-state index in [1.807, 2.05) is 31.2 Å². The number of sulfonamides is 1. The number of rotatable bonds is 5. The summed E-state index contributed by atoms with van der Waals surface area (Å²) < 4.78 is 38.1. The SMILES string of the molecule is CCc1ccc(S(=O)(=O)N2CCc3cc(OC)c(OC)cc3C2)cc1. The molecule has 1 aliphatic rings. The lowest BCUT2D eigenvalue weighted by Crippen LogP contribution is -2.36. The second-order valence-corrected chi connectivity index (χ2v) is 8.00. The van der Waals surface area contributed by atoms with Gasteiger partial charge in [-0.1, -0.05) is 19.1 Å². The predicted octanol–water partition coefficient (Wildman–Crippen LogP) is 3.01. The van der Waals surface area contributed by atoms with Crippen LogP contribution in [0.5, 0.6) is 11.5 Å². The molecule has 0 spiro atoms. The Hall–Kier alpha value is -2.05. The summed E-state index contributed by atoms with van der Waals surface area (Å²) in [6, 6.07) is 10.9. The Morgan fingerprint density at radius 2 is 1.60 bits per heavy atom. The molecule has 0 bridgehead atoms. The van der Waals surface area contributed by atoms with Gasteiger partial charge in [0, 0.05) is 13.1 Å². The molecule has 6 heteroatoms. The summed E-state index contributed by atoms with van der Waals surface area (Å²) >= 11 is 0. The summed E-state index contributed by atoms with van der Waals surface area (Å²) in [5.74, 6) is 1.29. The average molecular weight is 361 g/mol. The zero-order chi connectivity index (χ0) is 18.0. The Bertz CT molecular complexity index is 860. The summed E-state index contributed by atoms with van der Waals surface area (Å²) in [5.41, 5.74) is 3.18. The van der Waals surface area contributed by atoms with Crippen molar-refractivity contribution in [2.24, 2.45) is 0 Å². The van der Waals surface area contributed by atoms with Crippen molar-refractivity contribution in [2.75, 3.05) is 20.8 Å². The second-order valence-electron chi connectivity index (χ2n) is 6.06. The molecule has 25 heavy (non-hydrogen) atoms.